The van der Waals surface area contributed by atoms with Crippen LogP contribution in [0.3, 0.4) is 0 Å². The maximum atomic E-state index is 13.2. The first-order chi connectivity index (χ1) is 12.3. The number of carbonyl (C=O) groups is 1. The average molecular weight is 403 g/mol. The number of halogens is 4. The molecule has 0 heterocycles. The van der Waals surface area contributed by atoms with E-state index in [1.807, 2.05) is 0 Å². The molecule has 27 heavy (non-hydrogen) atoms. The molecule has 2 bridgehead atoms. The molecule has 1 aromatic rings. The summed E-state index contributed by atoms with van der Waals surface area (Å²) in [5, 5.41) is 3.01. The molecule has 4 unspecified atom stereocenters. The maximum absolute atomic E-state index is 13.2. The molecule has 0 aliphatic heterocycles. The minimum atomic E-state index is -4.36. The first-order valence-electron chi connectivity index (χ1n) is 9.56. The Labute approximate surface area is 163 Å². The molecular weight excluding hydrogens is 377 g/mol. The Morgan fingerprint density at radius 3 is 2.33 bits per heavy atom. The Balaban J connectivity index is 0.00000210. The lowest BCUT2D eigenvalue weighted by atomic mass is 9.65. The molecule has 0 radical (unpaired) electrons. The third kappa shape index (κ3) is 4.11. The summed E-state index contributed by atoms with van der Waals surface area (Å²) < 4.78 is 39.6. The highest BCUT2D eigenvalue weighted by Gasteiger charge is 2.46. The third-order valence-corrected chi connectivity index (χ3v) is 6.57. The second-order valence-corrected chi connectivity index (χ2v) is 8.24. The van der Waals surface area contributed by atoms with Gasteiger partial charge in [0, 0.05) is 23.9 Å². The number of nitrogens with two attached hydrogens (primary N) is 1. The zero-order valence-corrected chi connectivity index (χ0v) is 15.9. The number of hydrogen-bond acceptors (Lipinski definition) is 2. The van der Waals surface area contributed by atoms with Gasteiger partial charge in [0.2, 0.25) is 5.91 Å². The molecular formula is C20H26ClF3N2O. The Bertz CT molecular complexity index is 682. The lowest BCUT2D eigenvalue weighted by Crippen LogP contribution is -2.49. The largest absolute Gasteiger partial charge is 0.416 e. The van der Waals surface area contributed by atoms with E-state index in [4.69, 9.17) is 5.73 Å². The highest BCUT2D eigenvalue weighted by atomic mass is 35.5. The van der Waals surface area contributed by atoms with Gasteiger partial charge in [0.15, 0.2) is 0 Å². The van der Waals surface area contributed by atoms with Crippen molar-refractivity contribution >= 4 is 18.3 Å². The normalized spacial score (nSPS) is 35.1. The van der Waals surface area contributed by atoms with Gasteiger partial charge in [-0.2, -0.15) is 13.2 Å². The van der Waals surface area contributed by atoms with E-state index in [1.165, 1.54) is 18.6 Å². The summed E-state index contributed by atoms with van der Waals surface area (Å²) in [6, 6.07) is 5.72. The number of nitrogens with one attached hydrogen (secondary N) is 1. The van der Waals surface area contributed by atoms with Gasteiger partial charge in [-0.3, -0.25) is 4.79 Å². The smallest absolute Gasteiger partial charge is 0.352 e. The molecule has 3 fully saturated rings. The molecule has 1 aromatic carbocycles. The van der Waals surface area contributed by atoms with Gasteiger partial charge in [-0.15, -0.1) is 12.4 Å². The molecule has 3 nitrogen and oxygen atoms in total. The van der Waals surface area contributed by atoms with Gasteiger partial charge < -0.3 is 11.1 Å². The van der Waals surface area contributed by atoms with E-state index in [9.17, 15) is 18.0 Å². The Morgan fingerprint density at radius 1 is 1.07 bits per heavy atom. The summed E-state index contributed by atoms with van der Waals surface area (Å²) in [6.07, 6.45) is 1.23. The molecule has 0 saturated heterocycles. The third-order valence-electron chi connectivity index (χ3n) is 6.57. The van der Waals surface area contributed by atoms with Crippen molar-refractivity contribution in [2.24, 2.45) is 23.5 Å². The zero-order valence-electron chi connectivity index (χ0n) is 15.0. The van der Waals surface area contributed by atoms with Crippen LogP contribution in [0.15, 0.2) is 24.3 Å². The van der Waals surface area contributed by atoms with Crippen LogP contribution in [0.2, 0.25) is 0 Å². The number of alkyl halides is 3. The van der Waals surface area contributed by atoms with Crippen molar-refractivity contribution in [3.05, 3.63) is 35.4 Å². The van der Waals surface area contributed by atoms with Crippen molar-refractivity contribution in [3.63, 3.8) is 0 Å². The summed E-state index contributed by atoms with van der Waals surface area (Å²) >= 11 is 0. The first kappa shape index (κ1) is 20.5. The maximum Gasteiger partial charge on any atom is 0.416 e. The van der Waals surface area contributed by atoms with Crippen LogP contribution < -0.4 is 11.1 Å². The van der Waals surface area contributed by atoms with E-state index in [1.54, 1.807) is 6.07 Å². The van der Waals surface area contributed by atoms with Gasteiger partial charge >= 0.3 is 6.18 Å². The molecule has 3 aliphatic carbocycles. The summed E-state index contributed by atoms with van der Waals surface area (Å²) in [6.45, 7) is 0. The Hall–Kier alpha value is -1.27. The molecule has 4 rings (SSSR count). The predicted octanol–water partition coefficient (Wildman–Crippen LogP) is 4.25. The first-order valence-corrected chi connectivity index (χ1v) is 9.56. The van der Waals surface area contributed by atoms with Gasteiger partial charge in [-0.1, -0.05) is 24.6 Å². The number of rotatable bonds is 3. The van der Waals surface area contributed by atoms with E-state index in [0.29, 0.717) is 23.8 Å². The monoisotopic (exact) mass is 402 g/mol. The van der Waals surface area contributed by atoms with Crippen LogP contribution in [0.1, 0.15) is 55.6 Å². The van der Waals surface area contributed by atoms with Crippen molar-refractivity contribution < 1.29 is 18.0 Å². The van der Waals surface area contributed by atoms with Crippen LogP contribution in [-0.4, -0.2) is 18.0 Å². The SMILES string of the molecule is Cl.NC1C2CCCC1CC(C(=O)NC1CC1c1ccccc1C(F)(F)F)C2. The number of fused-ring (bicyclic) bond motifs is 2. The van der Waals surface area contributed by atoms with Gasteiger partial charge in [0.05, 0.1) is 5.56 Å². The highest BCUT2D eigenvalue weighted by Crippen LogP contribution is 2.47. The van der Waals surface area contributed by atoms with Gasteiger partial charge in [0.25, 0.3) is 0 Å². The molecule has 3 N–H and O–H groups in total. The fourth-order valence-corrected chi connectivity index (χ4v) is 5.08. The quantitative estimate of drug-likeness (QED) is 0.794. The molecule has 150 valence electrons. The molecule has 7 heteroatoms. The number of amides is 1. The summed E-state index contributed by atoms with van der Waals surface area (Å²) in [4.78, 5) is 12.7. The second-order valence-electron chi connectivity index (χ2n) is 8.24. The Morgan fingerprint density at radius 2 is 1.70 bits per heavy atom. The molecule has 1 amide bonds. The lowest BCUT2D eigenvalue weighted by Gasteiger charge is -2.43. The van der Waals surface area contributed by atoms with Crippen molar-refractivity contribution in [2.45, 2.75) is 62.7 Å². The number of carbonyl (C=O) groups excluding carboxylic acids is 1. The highest BCUT2D eigenvalue weighted by molar-refractivity contribution is 5.85. The van der Waals surface area contributed by atoms with E-state index >= 15 is 0 Å². The van der Waals surface area contributed by atoms with Crippen molar-refractivity contribution in [1.82, 2.24) is 5.32 Å². The molecule has 4 atom stereocenters. The van der Waals surface area contributed by atoms with Crippen molar-refractivity contribution in [1.29, 1.82) is 0 Å². The predicted molar refractivity (Wildman–Crippen MR) is 99.5 cm³/mol. The standard InChI is InChI=1S/C20H25F3N2O.ClH/c21-20(22,23)16-7-2-1-6-14(16)15-10-17(15)25-19(26)13-8-11-4-3-5-12(9-13)18(11)24;/h1-2,6-7,11-13,15,17-18H,3-5,8-10,24H2,(H,25,26);1H. The minimum absolute atomic E-state index is 0. The second kappa shape index (κ2) is 7.63. The van der Waals surface area contributed by atoms with Crippen LogP contribution in [0.5, 0.6) is 0 Å². The van der Waals surface area contributed by atoms with E-state index < -0.39 is 11.7 Å². The fraction of sp³-hybridized carbons (Fsp3) is 0.650. The van der Waals surface area contributed by atoms with Crippen LogP contribution >= 0.6 is 12.4 Å². The van der Waals surface area contributed by atoms with Crippen LogP contribution in [0.4, 0.5) is 13.2 Å². The topological polar surface area (TPSA) is 55.1 Å². The zero-order chi connectivity index (χ0) is 18.5. The summed E-state index contributed by atoms with van der Waals surface area (Å²) in [5.41, 5.74) is 5.99. The molecule has 0 aromatic heterocycles. The van der Waals surface area contributed by atoms with Crippen molar-refractivity contribution in [3.8, 4) is 0 Å². The van der Waals surface area contributed by atoms with E-state index in [0.717, 1.165) is 31.7 Å². The van der Waals surface area contributed by atoms with Crippen LogP contribution in [-0.2, 0) is 11.0 Å². The van der Waals surface area contributed by atoms with Gasteiger partial charge in [-0.05, 0) is 55.6 Å². The number of benzene rings is 1. The average Bonchev–Trinajstić information content (AvgIpc) is 3.32. The van der Waals surface area contributed by atoms with Crippen LogP contribution in [0.25, 0.3) is 0 Å². The van der Waals surface area contributed by atoms with Crippen molar-refractivity contribution in [2.75, 3.05) is 0 Å². The summed E-state index contributed by atoms with van der Waals surface area (Å²) in [7, 11) is 0. The lowest BCUT2D eigenvalue weighted by molar-refractivity contribution is -0.138. The van der Waals surface area contributed by atoms with Gasteiger partial charge in [-0.25, -0.2) is 0 Å². The minimum Gasteiger partial charge on any atom is -0.352 e. The molecule has 3 saturated carbocycles. The number of hydrogen-bond donors (Lipinski definition) is 2. The van der Waals surface area contributed by atoms with Gasteiger partial charge in [0.1, 0.15) is 0 Å². The Kier molecular flexibility index (Phi) is 5.78. The van der Waals surface area contributed by atoms with E-state index in [2.05, 4.69) is 5.32 Å². The summed E-state index contributed by atoms with van der Waals surface area (Å²) in [5.74, 6) is 0.565. The molecule has 0 spiro atoms. The van der Waals surface area contributed by atoms with E-state index in [-0.39, 0.29) is 42.2 Å². The fourth-order valence-electron chi connectivity index (χ4n) is 5.08. The van der Waals surface area contributed by atoms with Crippen LogP contribution in [0, 0.1) is 17.8 Å². The molecule has 3 aliphatic rings.